The van der Waals surface area contributed by atoms with Gasteiger partial charge in [-0.3, -0.25) is 4.79 Å². The van der Waals surface area contributed by atoms with Crippen LogP contribution in [0.15, 0.2) is 33.2 Å². The number of halogens is 1. The first-order chi connectivity index (χ1) is 9.15. The molecule has 3 rings (SSSR count). The molecular formula is C14H15BrN2O2. The number of hydrogen-bond donors (Lipinski definition) is 1. The van der Waals surface area contributed by atoms with Crippen molar-refractivity contribution >= 4 is 32.8 Å². The van der Waals surface area contributed by atoms with Gasteiger partial charge in [-0.15, -0.1) is 0 Å². The second-order valence-corrected chi connectivity index (χ2v) is 5.75. The second kappa shape index (κ2) is 4.98. The Balaban J connectivity index is 1.87. The van der Waals surface area contributed by atoms with Gasteiger partial charge >= 0.3 is 0 Å². The lowest BCUT2D eigenvalue weighted by Gasteiger charge is -2.29. The highest BCUT2D eigenvalue weighted by atomic mass is 79.9. The Bertz CT molecular complexity index is 615. The maximum absolute atomic E-state index is 12.4. The van der Waals surface area contributed by atoms with E-state index in [-0.39, 0.29) is 11.9 Å². The van der Waals surface area contributed by atoms with Crippen LogP contribution in [0.2, 0.25) is 0 Å². The molecule has 0 bridgehead atoms. The fourth-order valence-corrected chi connectivity index (χ4v) is 2.85. The number of carbonyl (C=O) groups excluding carboxylic acids is 1. The molecular weight excluding hydrogens is 308 g/mol. The van der Waals surface area contributed by atoms with E-state index in [1.165, 1.54) is 0 Å². The van der Waals surface area contributed by atoms with Crippen molar-refractivity contribution in [1.29, 1.82) is 0 Å². The molecule has 0 saturated carbocycles. The Kier molecular flexibility index (Phi) is 3.33. The highest BCUT2D eigenvalue weighted by Crippen LogP contribution is 2.27. The molecule has 1 aromatic heterocycles. The molecule has 1 amide bonds. The van der Waals surface area contributed by atoms with Gasteiger partial charge in [0.1, 0.15) is 5.58 Å². The quantitative estimate of drug-likeness (QED) is 0.878. The van der Waals surface area contributed by atoms with Crippen LogP contribution in [-0.2, 0) is 0 Å². The van der Waals surface area contributed by atoms with Crippen LogP contribution >= 0.6 is 15.9 Å². The number of piperidine rings is 1. The van der Waals surface area contributed by atoms with E-state index in [9.17, 15) is 4.79 Å². The molecule has 0 radical (unpaired) electrons. The van der Waals surface area contributed by atoms with Gasteiger partial charge in [-0.2, -0.15) is 0 Å². The van der Waals surface area contributed by atoms with Crippen LogP contribution in [0.4, 0.5) is 0 Å². The number of fused-ring (bicyclic) bond motifs is 1. The zero-order valence-electron chi connectivity index (χ0n) is 10.4. The monoisotopic (exact) mass is 322 g/mol. The Morgan fingerprint density at radius 2 is 2.11 bits per heavy atom. The average Bonchev–Trinajstić information content (AvgIpc) is 2.84. The third kappa shape index (κ3) is 2.40. The highest BCUT2D eigenvalue weighted by molar-refractivity contribution is 9.10. The third-order valence-corrected chi connectivity index (χ3v) is 4.16. The summed E-state index contributed by atoms with van der Waals surface area (Å²) in [6.07, 6.45) is 1.71. The van der Waals surface area contributed by atoms with Gasteiger partial charge in [-0.05, 0) is 40.9 Å². The van der Waals surface area contributed by atoms with E-state index in [2.05, 4.69) is 15.9 Å². The predicted molar refractivity (Wildman–Crippen MR) is 77.0 cm³/mol. The summed E-state index contributed by atoms with van der Waals surface area (Å²) in [5, 5.41) is 0.937. The molecule has 0 atom stereocenters. The first-order valence-electron chi connectivity index (χ1n) is 6.38. The molecule has 100 valence electrons. The summed E-state index contributed by atoms with van der Waals surface area (Å²) in [4.78, 5) is 14.2. The normalized spacial score (nSPS) is 17.1. The van der Waals surface area contributed by atoms with Gasteiger partial charge in [0, 0.05) is 24.5 Å². The van der Waals surface area contributed by atoms with E-state index >= 15 is 0 Å². The van der Waals surface area contributed by atoms with E-state index in [0.717, 1.165) is 28.3 Å². The Hall–Kier alpha value is -1.33. The summed E-state index contributed by atoms with van der Waals surface area (Å²) < 4.78 is 6.54. The molecule has 0 spiro atoms. The second-order valence-electron chi connectivity index (χ2n) is 4.90. The van der Waals surface area contributed by atoms with Crippen molar-refractivity contribution in [2.75, 3.05) is 13.1 Å². The molecule has 0 aliphatic carbocycles. The van der Waals surface area contributed by atoms with Crippen LogP contribution in [0.3, 0.4) is 0 Å². The lowest BCUT2D eigenvalue weighted by atomic mass is 10.1. The summed E-state index contributed by atoms with van der Waals surface area (Å²) in [5.41, 5.74) is 6.57. The topological polar surface area (TPSA) is 59.5 Å². The number of likely N-dealkylation sites (tertiary alicyclic amines) is 1. The zero-order chi connectivity index (χ0) is 13.4. The summed E-state index contributed by atoms with van der Waals surface area (Å²) in [6, 6.07) is 7.79. The van der Waals surface area contributed by atoms with Crippen molar-refractivity contribution in [2.45, 2.75) is 18.9 Å². The number of rotatable bonds is 1. The van der Waals surface area contributed by atoms with E-state index in [4.69, 9.17) is 10.2 Å². The molecule has 1 saturated heterocycles. The van der Waals surface area contributed by atoms with Crippen LogP contribution < -0.4 is 5.73 Å². The van der Waals surface area contributed by atoms with Gasteiger partial charge in [0.05, 0.1) is 4.47 Å². The number of nitrogens with zero attached hydrogens (tertiary/aromatic N) is 1. The maximum atomic E-state index is 12.4. The largest absolute Gasteiger partial charge is 0.450 e. The molecule has 2 N–H and O–H groups in total. The molecule has 1 fully saturated rings. The van der Waals surface area contributed by atoms with Crippen molar-refractivity contribution < 1.29 is 9.21 Å². The molecule has 4 nitrogen and oxygen atoms in total. The van der Waals surface area contributed by atoms with Crippen LogP contribution in [0.1, 0.15) is 23.4 Å². The van der Waals surface area contributed by atoms with E-state index in [1.54, 1.807) is 6.07 Å². The first-order valence-corrected chi connectivity index (χ1v) is 7.17. The minimum absolute atomic E-state index is 0.0463. The number of para-hydroxylation sites is 1. The molecule has 0 unspecified atom stereocenters. The first kappa shape index (κ1) is 12.7. The molecule has 1 aliphatic rings. The van der Waals surface area contributed by atoms with Gasteiger partial charge in [0.25, 0.3) is 5.91 Å². The van der Waals surface area contributed by atoms with Crippen molar-refractivity contribution in [3.8, 4) is 0 Å². The summed E-state index contributed by atoms with van der Waals surface area (Å²) >= 11 is 3.43. The number of amides is 1. The average molecular weight is 323 g/mol. The smallest absolute Gasteiger partial charge is 0.289 e. The molecule has 1 aromatic carbocycles. The minimum atomic E-state index is -0.0463. The number of furan rings is 1. The van der Waals surface area contributed by atoms with Gasteiger partial charge in [-0.25, -0.2) is 0 Å². The minimum Gasteiger partial charge on any atom is -0.450 e. The summed E-state index contributed by atoms with van der Waals surface area (Å²) in [5.74, 6) is 0.354. The van der Waals surface area contributed by atoms with Crippen molar-refractivity contribution in [1.82, 2.24) is 4.90 Å². The number of hydrogen-bond acceptors (Lipinski definition) is 3. The van der Waals surface area contributed by atoms with Crippen molar-refractivity contribution in [3.05, 3.63) is 34.5 Å². The van der Waals surface area contributed by atoms with Crippen LogP contribution in [-0.4, -0.2) is 29.9 Å². The number of benzene rings is 1. The molecule has 19 heavy (non-hydrogen) atoms. The fourth-order valence-electron chi connectivity index (χ4n) is 2.39. The molecule has 5 heteroatoms. The third-order valence-electron chi connectivity index (χ3n) is 3.53. The lowest BCUT2D eigenvalue weighted by Crippen LogP contribution is -2.42. The van der Waals surface area contributed by atoms with Crippen molar-refractivity contribution in [3.63, 3.8) is 0 Å². The van der Waals surface area contributed by atoms with E-state index < -0.39 is 0 Å². The SMILES string of the molecule is NC1CCN(C(=O)c2cc3cccc(Br)c3o2)CC1. The maximum Gasteiger partial charge on any atom is 0.289 e. The number of nitrogens with two attached hydrogens (primary N) is 1. The van der Waals surface area contributed by atoms with E-state index in [0.29, 0.717) is 18.8 Å². The van der Waals surface area contributed by atoms with Crippen molar-refractivity contribution in [2.24, 2.45) is 5.73 Å². The standard InChI is InChI=1S/C14H15BrN2O2/c15-11-3-1-2-9-8-12(19-13(9)11)14(18)17-6-4-10(16)5-7-17/h1-3,8,10H,4-7,16H2. The molecule has 2 heterocycles. The summed E-state index contributed by atoms with van der Waals surface area (Å²) in [6.45, 7) is 1.41. The van der Waals surface area contributed by atoms with E-state index in [1.807, 2.05) is 23.1 Å². The van der Waals surface area contributed by atoms with Gasteiger partial charge in [0.15, 0.2) is 5.76 Å². The summed E-state index contributed by atoms with van der Waals surface area (Å²) in [7, 11) is 0. The highest BCUT2D eigenvalue weighted by Gasteiger charge is 2.24. The fraction of sp³-hybridized carbons (Fsp3) is 0.357. The van der Waals surface area contributed by atoms with Gasteiger partial charge in [0.2, 0.25) is 0 Å². The molecule has 2 aromatic rings. The lowest BCUT2D eigenvalue weighted by molar-refractivity contribution is 0.0685. The van der Waals surface area contributed by atoms with Crippen LogP contribution in [0.5, 0.6) is 0 Å². The Morgan fingerprint density at radius 3 is 2.79 bits per heavy atom. The van der Waals surface area contributed by atoms with Gasteiger partial charge in [-0.1, -0.05) is 12.1 Å². The zero-order valence-corrected chi connectivity index (χ0v) is 12.0. The predicted octanol–water partition coefficient (Wildman–Crippen LogP) is 2.76. The molecule has 1 aliphatic heterocycles. The number of carbonyl (C=O) groups is 1. The Labute approximate surface area is 119 Å². The van der Waals surface area contributed by atoms with Crippen LogP contribution in [0.25, 0.3) is 11.0 Å². The Morgan fingerprint density at radius 1 is 1.37 bits per heavy atom. The van der Waals surface area contributed by atoms with Crippen LogP contribution in [0, 0.1) is 0 Å². The van der Waals surface area contributed by atoms with Gasteiger partial charge < -0.3 is 15.1 Å².